The molecule has 6 heteroatoms. The summed E-state index contributed by atoms with van der Waals surface area (Å²) in [6, 6.07) is -1.11. The predicted molar refractivity (Wildman–Crippen MR) is 77.6 cm³/mol. The van der Waals surface area contributed by atoms with Crippen LogP contribution in [0.2, 0.25) is 0 Å². The summed E-state index contributed by atoms with van der Waals surface area (Å²) in [6.45, 7) is 6.61. The molecular weight excluding hydrogens is 258 g/mol. The Balaban J connectivity index is 2.44. The Labute approximate surface area is 121 Å². The third kappa shape index (κ3) is 5.36. The second-order valence-electron chi connectivity index (χ2n) is 6.27. The first-order chi connectivity index (χ1) is 9.29. The lowest BCUT2D eigenvalue weighted by Gasteiger charge is -2.24. The van der Waals surface area contributed by atoms with Crippen molar-refractivity contribution in [2.75, 3.05) is 33.7 Å². The first kappa shape index (κ1) is 16.8. The van der Waals surface area contributed by atoms with E-state index < -0.39 is 12.0 Å². The molecule has 0 aromatic carbocycles. The van der Waals surface area contributed by atoms with Gasteiger partial charge >= 0.3 is 12.0 Å². The number of urea groups is 1. The van der Waals surface area contributed by atoms with E-state index in [1.807, 2.05) is 13.8 Å². The van der Waals surface area contributed by atoms with Gasteiger partial charge in [-0.2, -0.15) is 0 Å². The fourth-order valence-corrected chi connectivity index (χ4v) is 2.60. The number of carbonyl (C=O) groups is 2. The van der Waals surface area contributed by atoms with E-state index in [1.165, 1.54) is 0 Å². The summed E-state index contributed by atoms with van der Waals surface area (Å²) in [4.78, 5) is 27.0. The molecule has 0 spiro atoms. The minimum Gasteiger partial charge on any atom is -0.480 e. The number of carbonyl (C=O) groups excluding carboxylic acids is 1. The monoisotopic (exact) mass is 285 g/mol. The summed E-state index contributed by atoms with van der Waals surface area (Å²) in [5.74, 6) is -0.268. The highest BCUT2D eigenvalue weighted by Crippen LogP contribution is 2.15. The number of aliphatic carboxylic acids is 1. The van der Waals surface area contributed by atoms with E-state index >= 15 is 0 Å². The van der Waals surface area contributed by atoms with E-state index in [4.69, 9.17) is 5.11 Å². The molecule has 116 valence electrons. The maximum absolute atomic E-state index is 12.0. The second-order valence-corrected chi connectivity index (χ2v) is 6.27. The van der Waals surface area contributed by atoms with E-state index in [2.05, 4.69) is 17.3 Å². The maximum atomic E-state index is 12.0. The fourth-order valence-electron chi connectivity index (χ4n) is 2.60. The van der Waals surface area contributed by atoms with Crippen LogP contribution in [0.25, 0.3) is 0 Å². The topological polar surface area (TPSA) is 72.9 Å². The third-order valence-corrected chi connectivity index (χ3v) is 3.67. The lowest BCUT2D eigenvalue weighted by Crippen LogP contribution is -2.48. The number of carboxylic acids is 1. The van der Waals surface area contributed by atoms with Crippen molar-refractivity contribution in [3.8, 4) is 0 Å². The van der Waals surface area contributed by atoms with Crippen LogP contribution in [0.3, 0.4) is 0 Å². The molecular formula is C14H27N3O3. The number of rotatable bonds is 6. The van der Waals surface area contributed by atoms with E-state index in [-0.39, 0.29) is 11.9 Å². The number of hydrogen-bond acceptors (Lipinski definition) is 3. The van der Waals surface area contributed by atoms with Crippen molar-refractivity contribution in [2.45, 2.75) is 32.7 Å². The molecule has 0 aliphatic carbocycles. The summed E-state index contributed by atoms with van der Waals surface area (Å²) >= 11 is 0. The Morgan fingerprint density at radius 1 is 1.45 bits per heavy atom. The largest absolute Gasteiger partial charge is 0.480 e. The molecule has 20 heavy (non-hydrogen) atoms. The van der Waals surface area contributed by atoms with Crippen molar-refractivity contribution < 1.29 is 14.7 Å². The van der Waals surface area contributed by atoms with Crippen LogP contribution >= 0.6 is 0 Å². The van der Waals surface area contributed by atoms with E-state index in [9.17, 15) is 9.59 Å². The maximum Gasteiger partial charge on any atom is 0.326 e. The lowest BCUT2D eigenvalue weighted by atomic mass is 10.0. The summed E-state index contributed by atoms with van der Waals surface area (Å²) in [6.07, 6.45) is 1.53. The van der Waals surface area contributed by atoms with Crippen LogP contribution in [0.4, 0.5) is 4.79 Å². The molecule has 1 saturated heterocycles. The SMILES string of the molecule is CC(C)CC(NC(=O)N(C)CC1CCN(C)C1)C(=O)O. The van der Waals surface area contributed by atoms with Gasteiger partial charge < -0.3 is 20.2 Å². The van der Waals surface area contributed by atoms with E-state index in [0.717, 1.165) is 19.5 Å². The summed E-state index contributed by atoms with van der Waals surface area (Å²) < 4.78 is 0. The van der Waals surface area contributed by atoms with Crippen LogP contribution in [0, 0.1) is 11.8 Å². The average molecular weight is 285 g/mol. The molecule has 2 unspecified atom stereocenters. The molecule has 6 nitrogen and oxygen atoms in total. The van der Waals surface area contributed by atoms with Gasteiger partial charge in [-0.3, -0.25) is 0 Å². The Morgan fingerprint density at radius 2 is 2.10 bits per heavy atom. The van der Waals surface area contributed by atoms with Crippen molar-refractivity contribution in [1.29, 1.82) is 0 Å². The lowest BCUT2D eigenvalue weighted by molar-refractivity contribution is -0.139. The average Bonchev–Trinajstić information content (AvgIpc) is 2.72. The standard InChI is InChI=1S/C14H27N3O3/c1-10(2)7-12(13(18)19)15-14(20)17(4)9-11-5-6-16(3)8-11/h10-12H,5-9H2,1-4H3,(H,15,20)(H,18,19). The Morgan fingerprint density at radius 3 is 2.55 bits per heavy atom. The molecule has 1 aliphatic heterocycles. The number of nitrogens with one attached hydrogen (secondary N) is 1. The van der Waals surface area contributed by atoms with Gasteiger partial charge in [0, 0.05) is 20.1 Å². The number of likely N-dealkylation sites (tertiary alicyclic amines) is 1. The fraction of sp³-hybridized carbons (Fsp3) is 0.857. The number of hydrogen-bond donors (Lipinski definition) is 2. The van der Waals surface area contributed by atoms with Crippen LogP contribution in [0.5, 0.6) is 0 Å². The van der Waals surface area contributed by atoms with Gasteiger partial charge in [0.15, 0.2) is 0 Å². The zero-order valence-corrected chi connectivity index (χ0v) is 12.9. The highest BCUT2D eigenvalue weighted by atomic mass is 16.4. The first-order valence-corrected chi connectivity index (χ1v) is 7.22. The van der Waals surface area contributed by atoms with Crippen molar-refractivity contribution in [1.82, 2.24) is 15.1 Å². The van der Waals surface area contributed by atoms with Crippen LogP contribution < -0.4 is 5.32 Å². The van der Waals surface area contributed by atoms with Crippen LogP contribution in [-0.2, 0) is 4.79 Å². The van der Waals surface area contributed by atoms with Crippen molar-refractivity contribution >= 4 is 12.0 Å². The predicted octanol–water partition coefficient (Wildman–Crippen LogP) is 1.08. The van der Waals surface area contributed by atoms with Gasteiger partial charge in [0.05, 0.1) is 0 Å². The van der Waals surface area contributed by atoms with Crippen molar-refractivity contribution in [3.63, 3.8) is 0 Å². The normalized spacial score (nSPS) is 20.9. The smallest absolute Gasteiger partial charge is 0.326 e. The molecule has 0 aromatic heterocycles. The number of carboxylic acid groups (broad SMARTS) is 1. The Kier molecular flexibility index (Phi) is 6.26. The van der Waals surface area contributed by atoms with Crippen LogP contribution in [0.1, 0.15) is 26.7 Å². The van der Waals surface area contributed by atoms with Gasteiger partial charge in [-0.05, 0) is 38.3 Å². The Hall–Kier alpha value is -1.30. The number of amides is 2. The first-order valence-electron chi connectivity index (χ1n) is 7.22. The van der Waals surface area contributed by atoms with Gasteiger partial charge in [0.1, 0.15) is 6.04 Å². The molecule has 0 bridgehead atoms. The molecule has 1 fully saturated rings. The third-order valence-electron chi connectivity index (χ3n) is 3.67. The van der Waals surface area contributed by atoms with Gasteiger partial charge in [-0.25, -0.2) is 9.59 Å². The summed E-state index contributed by atoms with van der Waals surface area (Å²) in [5.41, 5.74) is 0. The van der Waals surface area contributed by atoms with Crippen molar-refractivity contribution in [2.24, 2.45) is 11.8 Å². The zero-order valence-electron chi connectivity index (χ0n) is 12.9. The molecule has 0 radical (unpaired) electrons. The highest BCUT2D eigenvalue weighted by Gasteiger charge is 2.26. The Bertz CT molecular complexity index is 347. The summed E-state index contributed by atoms with van der Waals surface area (Å²) in [5, 5.41) is 11.7. The molecule has 1 aliphatic rings. The van der Waals surface area contributed by atoms with Gasteiger partial charge in [0.2, 0.25) is 0 Å². The van der Waals surface area contributed by atoms with Gasteiger partial charge in [-0.15, -0.1) is 0 Å². The molecule has 1 rings (SSSR count). The van der Waals surface area contributed by atoms with Crippen molar-refractivity contribution in [3.05, 3.63) is 0 Å². The van der Waals surface area contributed by atoms with Crippen LogP contribution in [-0.4, -0.2) is 66.7 Å². The van der Waals surface area contributed by atoms with Gasteiger partial charge in [0.25, 0.3) is 0 Å². The molecule has 1 heterocycles. The van der Waals surface area contributed by atoms with E-state index in [1.54, 1.807) is 11.9 Å². The molecule has 0 aromatic rings. The second kappa shape index (κ2) is 7.47. The zero-order chi connectivity index (χ0) is 15.3. The molecule has 2 N–H and O–H groups in total. The molecule has 2 amide bonds. The number of nitrogens with zero attached hydrogens (tertiary/aromatic N) is 2. The minimum absolute atomic E-state index is 0.227. The molecule has 0 saturated carbocycles. The quantitative estimate of drug-likeness (QED) is 0.766. The summed E-state index contributed by atoms with van der Waals surface area (Å²) in [7, 11) is 3.80. The molecule has 2 atom stereocenters. The van der Waals surface area contributed by atoms with Crippen LogP contribution in [0.15, 0.2) is 0 Å². The van der Waals surface area contributed by atoms with E-state index in [0.29, 0.717) is 18.9 Å². The minimum atomic E-state index is -0.971. The van der Waals surface area contributed by atoms with Gasteiger partial charge in [-0.1, -0.05) is 13.8 Å². The highest BCUT2D eigenvalue weighted by molar-refractivity contribution is 5.82.